The molecular weight excluding hydrogens is 237 g/mol. The first-order valence-electron chi connectivity index (χ1n) is 3.96. The molecule has 13 heavy (non-hydrogen) atoms. The Hall–Kier alpha value is -0.480. The van der Waals surface area contributed by atoms with Gasteiger partial charge in [-0.2, -0.15) is 0 Å². The Balaban J connectivity index is 2.58. The molecule has 4 heteroatoms. The lowest BCUT2D eigenvalue weighted by Gasteiger charge is -2.07. The number of hydrogen-bond donors (Lipinski definition) is 0. The van der Waals surface area contributed by atoms with Crippen LogP contribution in [0.25, 0.3) is 0 Å². The maximum Gasteiger partial charge on any atom is 0.144 e. The highest BCUT2D eigenvalue weighted by molar-refractivity contribution is 9.09. The summed E-state index contributed by atoms with van der Waals surface area (Å²) in [6.45, 7) is 0.552. The molecule has 0 aliphatic heterocycles. The number of hydrogen-bond acceptors (Lipinski definition) is 2. The van der Waals surface area contributed by atoms with Crippen molar-refractivity contribution in [2.75, 3.05) is 13.7 Å². The van der Waals surface area contributed by atoms with Crippen LogP contribution in [0.3, 0.4) is 0 Å². The molecule has 0 saturated heterocycles. The zero-order valence-electron chi connectivity index (χ0n) is 7.34. The fourth-order valence-corrected chi connectivity index (χ4v) is 1.59. The molecule has 0 saturated carbocycles. The van der Waals surface area contributed by atoms with Crippen molar-refractivity contribution in [1.29, 1.82) is 0 Å². The smallest absolute Gasteiger partial charge is 0.144 e. The van der Waals surface area contributed by atoms with Crippen LogP contribution in [-0.4, -0.2) is 23.5 Å². The summed E-state index contributed by atoms with van der Waals surface area (Å²) in [5.74, 6) is -0.261. The maximum atomic E-state index is 13.1. The molecular formula is C9H11BrFNO. The number of methoxy groups -OCH3 is 1. The van der Waals surface area contributed by atoms with E-state index >= 15 is 0 Å². The molecule has 1 aromatic heterocycles. The van der Waals surface area contributed by atoms with E-state index in [1.165, 1.54) is 6.07 Å². The van der Waals surface area contributed by atoms with Crippen molar-refractivity contribution in [3.63, 3.8) is 0 Å². The van der Waals surface area contributed by atoms with Gasteiger partial charge in [0, 0.05) is 24.6 Å². The van der Waals surface area contributed by atoms with E-state index in [-0.39, 0.29) is 10.6 Å². The molecule has 0 amide bonds. The molecule has 1 unspecified atom stereocenters. The first-order valence-corrected chi connectivity index (χ1v) is 4.88. The van der Waals surface area contributed by atoms with Crippen molar-refractivity contribution in [1.82, 2.24) is 4.98 Å². The van der Waals surface area contributed by atoms with Gasteiger partial charge in [-0.25, -0.2) is 4.39 Å². The molecule has 0 aliphatic carbocycles. The largest absolute Gasteiger partial charge is 0.384 e. The average Bonchev–Trinajstić information content (AvgIpc) is 2.09. The highest BCUT2D eigenvalue weighted by Crippen LogP contribution is 2.11. The zero-order valence-corrected chi connectivity index (χ0v) is 8.92. The van der Waals surface area contributed by atoms with Gasteiger partial charge < -0.3 is 4.74 Å². The van der Waals surface area contributed by atoms with E-state index in [4.69, 9.17) is 4.74 Å². The van der Waals surface area contributed by atoms with Gasteiger partial charge in [0.05, 0.1) is 12.3 Å². The highest BCUT2D eigenvalue weighted by atomic mass is 79.9. The summed E-state index contributed by atoms with van der Waals surface area (Å²) in [4.78, 5) is 4.05. The van der Waals surface area contributed by atoms with E-state index in [0.717, 1.165) is 0 Å². The summed E-state index contributed by atoms with van der Waals surface area (Å²) in [6.07, 6.45) is 2.13. The quantitative estimate of drug-likeness (QED) is 0.762. The van der Waals surface area contributed by atoms with Crippen molar-refractivity contribution in [2.24, 2.45) is 0 Å². The normalized spacial score (nSPS) is 12.8. The molecule has 0 bridgehead atoms. The molecule has 1 heterocycles. The minimum absolute atomic E-state index is 0.113. The van der Waals surface area contributed by atoms with E-state index in [0.29, 0.717) is 18.7 Å². The van der Waals surface area contributed by atoms with Crippen LogP contribution in [-0.2, 0) is 11.2 Å². The third kappa shape index (κ3) is 3.40. The maximum absolute atomic E-state index is 13.1. The summed E-state index contributed by atoms with van der Waals surface area (Å²) in [7, 11) is 1.61. The van der Waals surface area contributed by atoms with Crippen molar-refractivity contribution >= 4 is 15.9 Å². The number of halogens is 2. The van der Waals surface area contributed by atoms with Crippen LogP contribution in [0.5, 0.6) is 0 Å². The van der Waals surface area contributed by atoms with Gasteiger partial charge in [-0.1, -0.05) is 15.9 Å². The zero-order chi connectivity index (χ0) is 9.68. The van der Waals surface area contributed by atoms with E-state index in [1.807, 2.05) is 0 Å². The number of rotatable bonds is 4. The molecule has 0 aromatic carbocycles. The van der Waals surface area contributed by atoms with Gasteiger partial charge in [0.2, 0.25) is 0 Å². The van der Waals surface area contributed by atoms with Crippen LogP contribution in [0.1, 0.15) is 5.69 Å². The van der Waals surface area contributed by atoms with E-state index < -0.39 is 0 Å². The van der Waals surface area contributed by atoms with E-state index in [2.05, 4.69) is 20.9 Å². The predicted molar refractivity (Wildman–Crippen MR) is 52.5 cm³/mol. The summed E-state index contributed by atoms with van der Waals surface area (Å²) in [5.41, 5.74) is 0.474. The fourth-order valence-electron chi connectivity index (χ4n) is 1.02. The third-order valence-electron chi connectivity index (χ3n) is 1.60. The molecule has 1 atom stereocenters. The lowest BCUT2D eigenvalue weighted by Crippen LogP contribution is -2.12. The average molecular weight is 248 g/mol. The van der Waals surface area contributed by atoms with Crippen molar-refractivity contribution < 1.29 is 9.13 Å². The van der Waals surface area contributed by atoms with Gasteiger partial charge in [-0.15, -0.1) is 0 Å². The van der Waals surface area contributed by atoms with Crippen LogP contribution >= 0.6 is 15.9 Å². The summed E-state index contributed by atoms with van der Waals surface area (Å²) < 4.78 is 18.0. The third-order valence-corrected chi connectivity index (χ3v) is 2.19. The topological polar surface area (TPSA) is 22.1 Å². The van der Waals surface area contributed by atoms with E-state index in [1.54, 1.807) is 19.4 Å². The Labute approximate surface area is 85.3 Å². The van der Waals surface area contributed by atoms with Gasteiger partial charge in [0.25, 0.3) is 0 Å². The second-order valence-electron chi connectivity index (χ2n) is 2.69. The standard InChI is InChI=1S/C9H11BrFNO/c1-13-6-7(10)5-9-8(11)3-2-4-12-9/h2-4,7H,5-6H2,1H3. The summed E-state index contributed by atoms with van der Waals surface area (Å²) >= 11 is 3.38. The minimum Gasteiger partial charge on any atom is -0.384 e. The van der Waals surface area contributed by atoms with Gasteiger partial charge >= 0.3 is 0 Å². The predicted octanol–water partition coefficient (Wildman–Crippen LogP) is 2.17. The number of ether oxygens (including phenoxy) is 1. The Kier molecular flexibility index (Phi) is 4.32. The highest BCUT2D eigenvalue weighted by Gasteiger charge is 2.09. The SMILES string of the molecule is COCC(Br)Cc1ncccc1F. The lowest BCUT2D eigenvalue weighted by molar-refractivity contribution is 0.200. The van der Waals surface area contributed by atoms with Crippen molar-refractivity contribution in [3.05, 3.63) is 29.8 Å². The molecule has 0 radical (unpaired) electrons. The molecule has 1 rings (SSSR count). The number of aromatic nitrogens is 1. The van der Waals surface area contributed by atoms with Gasteiger partial charge in [-0.05, 0) is 12.1 Å². The molecule has 0 spiro atoms. The molecule has 0 fully saturated rings. The minimum atomic E-state index is -0.261. The Morgan fingerprint density at radius 2 is 2.46 bits per heavy atom. The molecule has 0 N–H and O–H groups in total. The molecule has 2 nitrogen and oxygen atoms in total. The van der Waals surface area contributed by atoms with Crippen LogP contribution < -0.4 is 0 Å². The van der Waals surface area contributed by atoms with Crippen molar-refractivity contribution in [3.8, 4) is 0 Å². The van der Waals surface area contributed by atoms with Crippen molar-refractivity contribution in [2.45, 2.75) is 11.2 Å². The van der Waals surface area contributed by atoms with E-state index in [9.17, 15) is 4.39 Å². The first-order chi connectivity index (χ1) is 6.24. The Morgan fingerprint density at radius 3 is 3.08 bits per heavy atom. The number of pyridine rings is 1. The molecule has 1 aromatic rings. The van der Waals surface area contributed by atoms with Gasteiger partial charge in [0.1, 0.15) is 5.82 Å². The van der Waals surface area contributed by atoms with Crippen LogP contribution in [0, 0.1) is 5.82 Å². The fraction of sp³-hybridized carbons (Fsp3) is 0.444. The van der Waals surface area contributed by atoms with Gasteiger partial charge in [-0.3, -0.25) is 4.98 Å². The molecule has 0 aliphatic rings. The Morgan fingerprint density at radius 1 is 1.69 bits per heavy atom. The summed E-state index contributed by atoms with van der Waals surface area (Å²) in [6, 6.07) is 2.99. The monoisotopic (exact) mass is 247 g/mol. The lowest BCUT2D eigenvalue weighted by atomic mass is 10.2. The second-order valence-corrected chi connectivity index (χ2v) is 3.98. The molecule has 72 valence electrons. The first kappa shape index (κ1) is 10.6. The van der Waals surface area contributed by atoms with Crippen LogP contribution in [0.15, 0.2) is 18.3 Å². The van der Waals surface area contributed by atoms with Crippen LogP contribution in [0.2, 0.25) is 0 Å². The van der Waals surface area contributed by atoms with Gasteiger partial charge in [0.15, 0.2) is 0 Å². The number of nitrogens with zero attached hydrogens (tertiary/aromatic N) is 1. The Bertz CT molecular complexity index is 270. The summed E-state index contributed by atoms with van der Waals surface area (Å²) in [5, 5.41) is 0. The van der Waals surface area contributed by atoms with Crippen LogP contribution in [0.4, 0.5) is 4.39 Å². The number of alkyl halides is 1. The second kappa shape index (κ2) is 5.29.